The van der Waals surface area contributed by atoms with Gasteiger partial charge in [-0.3, -0.25) is 14.3 Å². The zero-order valence-corrected chi connectivity index (χ0v) is 16.8. The molecular weight excluding hydrogens is 412 g/mol. The van der Waals surface area contributed by atoms with Crippen molar-refractivity contribution in [2.45, 2.75) is 26.4 Å². The molecule has 0 aliphatic carbocycles. The highest BCUT2D eigenvalue weighted by Gasteiger charge is 2.27. The number of hydrogen-bond acceptors (Lipinski definition) is 6. The van der Waals surface area contributed by atoms with Gasteiger partial charge in [-0.25, -0.2) is 4.79 Å². The number of hydrogen-bond donors (Lipinski definition) is 2. The van der Waals surface area contributed by atoms with Crippen LogP contribution in [0.4, 0.5) is 10.5 Å². The molecular formula is C16H23BrN2O5S. The largest absolute Gasteiger partial charge is 0.436 e. The summed E-state index contributed by atoms with van der Waals surface area (Å²) in [7, 11) is 1.59. The van der Waals surface area contributed by atoms with Crippen molar-refractivity contribution in [1.82, 2.24) is 4.90 Å². The van der Waals surface area contributed by atoms with Crippen molar-refractivity contribution >= 4 is 45.9 Å². The van der Waals surface area contributed by atoms with E-state index in [1.54, 1.807) is 31.3 Å². The first-order chi connectivity index (χ1) is 11.8. The van der Waals surface area contributed by atoms with Crippen LogP contribution in [0.25, 0.3) is 0 Å². The standard InChI is InChI=1S/C16H23BrN2O5S/c1-11(2)10-14(15(20)19(3)8-9-23-25-22)24-16(21)18-13-6-4-12(17)5-7-13/h4-7,11,14,22H,8-10H2,1-3H3,(H,18,21). The summed E-state index contributed by atoms with van der Waals surface area (Å²) in [5, 5.41) is 2.61. The summed E-state index contributed by atoms with van der Waals surface area (Å²) in [5.74, 6) is -0.140. The zero-order valence-electron chi connectivity index (χ0n) is 14.4. The summed E-state index contributed by atoms with van der Waals surface area (Å²) < 4.78 is 19.5. The number of ether oxygens (including phenoxy) is 1. The highest BCUT2D eigenvalue weighted by Crippen LogP contribution is 2.16. The number of carbonyl (C=O) groups is 2. The lowest BCUT2D eigenvalue weighted by Crippen LogP contribution is -2.41. The van der Waals surface area contributed by atoms with Crippen LogP contribution < -0.4 is 5.32 Å². The Hall–Kier alpha value is -1.29. The van der Waals surface area contributed by atoms with Crippen molar-refractivity contribution in [2.75, 3.05) is 25.5 Å². The minimum atomic E-state index is -0.887. The third-order valence-corrected chi connectivity index (χ3v) is 4.04. The Morgan fingerprint density at radius 1 is 1.32 bits per heavy atom. The predicted molar refractivity (Wildman–Crippen MR) is 101 cm³/mol. The van der Waals surface area contributed by atoms with Crippen LogP contribution in [-0.2, 0) is 13.7 Å². The third kappa shape index (κ3) is 8.57. The van der Waals surface area contributed by atoms with E-state index in [1.165, 1.54) is 4.90 Å². The highest BCUT2D eigenvalue weighted by molar-refractivity contribution is 9.10. The molecule has 0 radical (unpaired) electrons. The number of amides is 2. The smallest absolute Gasteiger partial charge is 0.412 e. The van der Waals surface area contributed by atoms with Gasteiger partial charge in [-0.05, 0) is 36.6 Å². The molecule has 1 rings (SSSR count). The first-order valence-corrected chi connectivity index (χ1v) is 9.23. The van der Waals surface area contributed by atoms with Crippen molar-refractivity contribution in [3.05, 3.63) is 28.7 Å². The van der Waals surface area contributed by atoms with E-state index in [0.717, 1.165) is 4.47 Å². The van der Waals surface area contributed by atoms with Crippen LogP contribution in [-0.4, -0.2) is 47.8 Å². The van der Waals surface area contributed by atoms with Crippen molar-refractivity contribution in [1.29, 1.82) is 0 Å². The van der Waals surface area contributed by atoms with E-state index in [4.69, 9.17) is 13.5 Å². The molecule has 2 N–H and O–H groups in total. The van der Waals surface area contributed by atoms with E-state index in [0.29, 0.717) is 12.1 Å². The molecule has 0 aromatic heterocycles. The Morgan fingerprint density at radius 3 is 2.52 bits per heavy atom. The van der Waals surface area contributed by atoms with E-state index in [2.05, 4.69) is 21.2 Å². The second-order valence-electron chi connectivity index (χ2n) is 5.81. The fourth-order valence-corrected chi connectivity index (χ4v) is 2.42. The highest BCUT2D eigenvalue weighted by atomic mass is 79.9. The van der Waals surface area contributed by atoms with Crippen LogP contribution in [0, 0.1) is 5.92 Å². The van der Waals surface area contributed by atoms with Gasteiger partial charge in [0.1, 0.15) is 0 Å². The van der Waals surface area contributed by atoms with Gasteiger partial charge in [0, 0.05) is 23.8 Å². The Balaban J connectivity index is 2.65. The maximum Gasteiger partial charge on any atom is 0.412 e. The number of halogens is 1. The molecule has 1 aromatic rings. The summed E-state index contributed by atoms with van der Waals surface area (Å²) in [6.45, 7) is 4.34. The van der Waals surface area contributed by atoms with Gasteiger partial charge in [-0.15, -0.1) is 0 Å². The fourth-order valence-electron chi connectivity index (χ4n) is 2.00. The fraction of sp³-hybridized carbons (Fsp3) is 0.500. The SMILES string of the molecule is CC(C)CC(OC(=O)Nc1ccc(Br)cc1)C(=O)N(C)CCOSO. The van der Waals surface area contributed by atoms with E-state index in [1.807, 2.05) is 13.8 Å². The molecule has 0 fully saturated rings. The second kappa shape index (κ2) is 11.3. The molecule has 1 atom stereocenters. The molecule has 0 bridgehead atoms. The van der Waals surface area contributed by atoms with Crippen LogP contribution in [0.3, 0.4) is 0 Å². The van der Waals surface area contributed by atoms with E-state index >= 15 is 0 Å². The summed E-state index contributed by atoms with van der Waals surface area (Å²) >= 11 is 3.57. The average Bonchev–Trinajstić information content (AvgIpc) is 2.55. The van der Waals surface area contributed by atoms with Crippen molar-refractivity contribution in [3.8, 4) is 0 Å². The first-order valence-electron chi connectivity index (χ1n) is 7.74. The van der Waals surface area contributed by atoms with E-state index in [-0.39, 0.29) is 37.3 Å². The van der Waals surface area contributed by atoms with Gasteiger partial charge in [-0.1, -0.05) is 29.8 Å². The van der Waals surface area contributed by atoms with Gasteiger partial charge in [0.2, 0.25) is 0 Å². The Labute approximate surface area is 160 Å². The summed E-state index contributed by atoms with van der Waals surface area (Å²) in [5.41, 5.74) is 0.575. The van der Waals surface area contributed by atoms with Crippen molar-refractivity contribution < 1.29 is 23.1 Å². The lowest BCUT2D eigenvalue weighted by atomic mass is 10.1. The lowest BCUT2D eigenvalue weighted by molar-refractivity contribution is -0.139. The van der Waals surface area contributed by atoms with E-state index < -0.39 is 12.2 Å². The number of nitrogens with one attached hydrogen (secondary N) is 1. The molecule has 0 heterocycles. The number of rotatable bonds is 9. The third-order valence-electron chi connectivity index (χ3n) is 3.24. The molecule has 1 unspecified atom stereocenters. The Kier molecular flexibility index (Phi) is 9.88. The predicted octanol–water partition coefficient (Wildman–Crippen LogP) is 4.01. The van der Waals surface area contributed by atoms with Crippen LogP contribution >= 0.6 is 28.3 Å². The maximum absolute atomic E-state index is 12.5. The van der Waals surface area contributed by atoms with Crippen molar-refractivity contribution in [2.24, 2.45) is 5.92 Å². The van der Waals surface area contributed by atoms with Crippen LogP contribution in [0.15, 0.2) is 28.7 Å². The summed E-state index contributed by atoms with van der Waals surface area (Å²) in [6.07, 6.45) is -1.16. The van der Waals surface area contributed by atoms with Crippen molar-refractivity contribution in [3.63, 3.8) is 0 Å². The van der Waals surface area contributed by atoms with Crippen LogP contribution in [0.1, 0.15) is 20.3 Å². The molecule has 0 saturated carbocycles. The first kappa shape index (κ1) is 21.8. The van der Waals surface area contributed by atoms with Gasteiger partial charge in [0.05, 0.1) is 6.61 Å². The lowest BCUT2D eigenvalue weighted by Gasteiger charge is -2.24. The molecule has 2 amide bonds. The topological polar surface area (TPSA) is 88.1 Å². The van der Waals surface area contributed by atoms with Gasteiger partial charge >= 0.3 is 6.09 Å². The summed E-state index contributed by atoms with van der Waals surface area (Å²) in [4.78, 5) is 26.0. The molecule has 0 saturated heterocycles. The number of benzene rings is 1. The molecule has 1 aromatic carbocycles. The van der Waals surface area contributed by atoms with Crippen LogP contribution in [0.2, 0.25) is 0 Å². The second-order valence-corrected chi connectivity index (χ2v) is 7.11. The monoisotopic (exact) mass is 434 g/mol. The van der Waals surface area contributed by atoms with Crippen LogP contribution in [0.5, 0.6) is 0 Å². The quantitative estimate of drug-likeness (QED) is 0.450. The number of carbonyl (C=O) groups excluding carboxylic acids is 2. The molecule has 0 aliphatic heterocycles. The van der Waals surface area contributed by atoms with Gasteiger partial charge in [-0.2, -0.15) is 0 Å². The molecule has 0 aliphatic rings. The molecule has 25 heavy (non-hydrogen) atoms. The molecule has 0 spiro atoms. The molecule has 9 heteroatoms. The Morgan fingerprint density at radius 2 is 1.96 bits per heavy atom. The maximum atomic E-state index is 12.5. The van der Waals surface area contributed by atoms with Gasteiger partial charge in [0.25, 0.3) is 5.91 Å². The average molecular weight is 435 g/mol. The number of likely N-dealkylation sites (N-methyl/N-ethyl adjacent to an activating group) is 1. The summed E-state index contributed by atoms with van der Waals surface area (Å²) in [6, 6.07) is 7.03. The minimum absolute atomic E-state index is 0.170. The number of anilines is 1. The molecule has 140 valence electrons. The molecule has 7 nitrogen and oxygen atoms in total. The Bertz CT molecular complexity index is 556. The van der Waals surface area contributed by atoms with Gasteiger partial charge in [0.15, 0.2) is 18.4 Å². The van der Waals surface area contributed by atoms with E-state index in [9.17, 15) is 9.59 Å². The number of nitrogens with zero attached hydrogens (tertiary/aromatic N) is 1. The normalized spacial score (nSPS) is 11.9. The zero-order chi connectivity index (χ0) is 18.8. The minimum Gasteiger partial charge on any atom is -0.436 e. The van der Waals surface area contributed by atoms with Gasteiger partial charge < -0.3 is 14.2 Å².